The summed E-state index contributed by atoms with van der Waals surface area (Å²) >= 11 is 1.42. The topological polar surface area (TPSA) is 71.7 Å². The van der Waals surface area contributed by atoms with Crippen LogP contribution in [-0.2, 0) is 16.6 Å². The second kappa shape index (κ2) is 9.82. The third-order valence-corrected chi connectivity index (χ3v) is 7.41. The summed E-state index contributed by atoms with van der Waals surface area (Å²) in [6, 6.07) is 13.6. The number of carbonyl (C=O) groups excluding carboxylic acids is 1. The van der Waals surface area contributed by atoms with Crippen molar-refractivity contribution in [1.29, 1.82) is 0 Å². The van der Waals surface area contributed by atoms with E-state index in [1.54, 1.807) is 6.08 Å². The Balaban J connectivity index is 1.95. The fourth-order valence-electron chi connectivity index (χ4n) is 3.04. The lowest BCUT2D eigenvalue weighted by molar-refractivity contribution is 0.0998. The summed E-state index contributed by atoms with van der Waals surface area (Å²) in [4.78, 5) is 17.7. The molecule has 0 bridgehead atoms. The van der Waals surface area contributed by atoms with Crippen LogP contribution in [0.3, 0.4) is 0 Å². The van der Waals surface area contributed by atoms with Crippen molar-refractivity contribution in [3.8, 4) is 0 Å². The van der Waals surface area contributed by atoms with Gasteiger partial charge in [0.15, 0.2) is 4.80 Å². The number of amides is 1. The van der Waals surface area contributed by atoms with Crippen LogP contribution in [0.1, 0.15) is 10.4 Å². The molecule has 3 aromatic rings. The predicted octanol–water partition coefficient (Wildman–Crippen LogP) is 3.99. The molecule has 8 heteroatoms. The lowest BCUT2D eigenvalue weighted by Crippen LogP contribution is -2.31. The zero-order chi connectivity index (χ0) is 22.4. The Hall–Kier alpha value is -3.07. The predicted molar refractivity (Wildman–Crippen MR) is 126 cm³/mol. The maximum Gasteiger partial charge on any atom is 0.279 e. The van der Waals surface area contributed by atoms with Gasteiger partial charge >= 0.3 is 0 Å². The lowest BCUT2D eigenvalue weighted by Gasteiger charge is -2.19. The third kappa shape index (κ3) is 4.82. The first-order chi connectivity index (χ1) is 14.9. The van der Waals surface area contributed by atoms with Gasteiger partial charge in [-0.1, -0.05) is 41.7 Å². The maximum absolute atomic E-state index is 12.8. The summed E-state index contributed by atoms with van der Waals surface area (Å²) in [5.74, 6) is -0.442. The fraction of sp³-hybridized carbons (Fsp3) is 0.130. The molecule has 1 aromatic heterocycles. The number of rotatable bonds is 9. The molecule has 0 aliphatic carbocycles. The summed E-state index contributed by atoms with van der Waals surface area (Å²) in [7, 11) is -3.72. The molecule has 6 nitrogen and oxygen atoms in total. The molecule has 0 fully saturated rings. The van der Waals surface area contributed by atoms with Crippen LogP contribution < -0.4 is 4.80 Å². The number of hydrogen-bond donors (Lipinski definition) is 0. The quantitative estimate of drug-likeness (QED) is 0.460. The molecule has 0 unspecified atom stereocenters. The van der Waals surface area contributed by atoms with E-state index in [9.17, 15) is 13.2 Å². The van der Waals surface area contributed by atoms with Crippen molar-refractivity contribution in [2.45, 2.75) is 11.4 Å². The standard InChI is InChI=1S/C23H23N3O3S2/c1-4-15-25(16-5-2)31(28,29)19-13-11-18(12-14-19)22(27)24-23-26(17-6-3)20-9-7-8-10-21(20)30-23/h4-14H,1-3,15-17H2. The van der Waals surface area contributed by atoms with E-state index in [2.05, 4.69) is 24.7 Å². The van der Waals surface area contributed by atoms with E-state index in [1.165, 1.54) is 52.1 Å². The minimum Gasteiger partial charge on any atom is -0.312 e. The van der Waals surface area contributed by atoms with Gasteiger partial charge in [-0.05, 0) is 36.4 Å². The molecule has 31 heavy (non-hydrogen) atoms. The average Bonchev–Trinajstić information content (AvgIpc) is 3.11. The Morgan fingerprint density at radius 2 is 1.65 bits per heavy atom. The summed E-state index contributed by atoms with van der Waals surface area (Å²) in [5.41, 5.74) is 1.28. The van der Waals surface area contributed by atoms with Gasteiger partial charge in [0.2, 0.25) is 10.0 Å². The van der Waals surface area contributed by atoms with Gasteiger partial charge in [0.05, 0.1) is 15.1 Å². The SMILES string of the molecule is C=CCN(CC=C)S(=O)(=O)c1ccc(C(=O)N=c2sc3ccccc3n2CC=C)cc1. The van der Waals surface area contributed by atoms with E-state index >= 15 is 0 Å². The molecule has 0 aliphatic rings. The van der Waals surface area contributed by atoms with Gasteiger partial charge in [-0.15, -0.1) is 19.7 Å². The fourth-order valence-corrected chi connectivity index (χ4v) is 5.46. The van der Waals surface area contributed by atoms with Crippen molar-refractivity contribution in [2.75, 3.05) is 13.1 Å². The van der Waals surface area contributed by atoms with Gasteiger partial charge in [-0.2, -0.15) is 9.30 Å². The highest BCUT2D eigenvalue weighted by Gasteiger charge is 2.22. The number of fused-ring (bicyclic) bond motifs is 1. The van der Waals surface area contributed by atoms with Crippen molar-refractivity contribution in [2.24, 2.45) is 4.99 Å². The average molecular weight is 454 g/mol. The number of thiazole rings is 1. The van der Waals surface area contributed by atoms with Gasteiger partial charge < -0.3 is 4.57 Å². The Bertz CT molecular complexity index is 1290. The van der Waals surface area contributed by atoms with Gasteiger partial charge in [0.1, 0.15) is 0 Å². The second-order valence-corrected chi connectivity index (χ2v) is 9.54. The van der Waals surface area contributed by atoms with Crippen LogP contribution in [0, 0.1) is 0 Å². The molecule has 1 heterocycles. The summed E-state index contributed by atoms with van der Waals surface area (Å²) in [5, 5.41) is 0. The van der Waals surface area contributed by atoms with E-state index < -0.39 is 15.9 Å². The smallest absolute Gasteiger partial charge is 0.279 e. The van der Waals surface area contributed by atoms with E-state index in [4.69, 9.17) is 0 Å². The molecular formula is C23H23N3O3S2. The van der Waals surface area contributed by atoms with Crippen LogP contribution >= 0.6 is 11.3 Å². The zero-order valence-electron chi connectivity index (χ0n) is 17.0. The van der Waals surface area contributed by atoms with Crippen LogP contribution in [0.2, 0.25) is 0 Å². The van der Waals surface area contributed by atoms with Crippen molar-refractivity contribution >= 4 is 37.5 Å². The normalized spacial score (nSPS) is 12.2. The Morgan fingerprint density at radius 3 is 2.26 bits per heavy atom. The molecule has 0 radical (unpaired) electrons. The van der Waals surface area contributed by atoms with Crippen LogP contribution in [0.25, 0.3) is 10.2 Å². The molecule has 0 N–H and O–H groups in total. The summed E-state index contributed by atoms with van der Waals surface area (Å²) < 4.78 is 29.8. The zero-order valence-corrected chi connectivity index (χ0v) is 18.6. The minimum absolute atomic E-state index is 0.0938. The largest absolute Gasteiger partial charge is 0.312 e. The number of allylic oxidation sites excluding steroid dienone is 1. The number of hydrogen-bond acceptors (Lipinski definition) is 4. The minimum atomic E-state index is -3.72. The lowest BCUT2D eigenvalue weighted by atomic mass is 10.2. The summed E-state index contributed by atoms with van der Waals surface area (Å²) in [6.07, 6.45) is 4.78. The molecule has 2 aromatic carbocycles. The Labute approximate surface area is 185 Å². The highest BCUT2D eigenvalue weighted by molar-refractivity contribution is 7.89. The van der Waals surface area contributed by atoms with Crippen LogP contribution in [-0.4, -0.2) is 36.3 Å². The molecule has 3 rings (SSSR count). The van der Waals surface area contributed by atoms with E-state index in [0.717, 1.165) is 10.2 Å². The van der Waals surface area contributed by atoms with Crippen molar-refractivity contribution < 1.29 is 13.2 Å². The summed E-state index contributed by atoms with van der Waals surface area (Å²) in [6.45, 7) is 11.8. The van der Waals surface area contributed by atoms with Crippen molar-refractivity contribution in [3.05, 3.63) is 96.9 Å². The maximum atomic E-state index is 12.8. The molecule has 160 valence electrons. The van der Waals surface area contributed by atoms with Gasteiger partial charge in [0.25, 0.3) is 5.91 Å². The second-order valence-electron chi connectivity index (χ2n) is 6.59. The Kier molecular flexibility index (Phi) is 7.17. The number of sulfonamides is 1. The first kappa shape index (κ1) is 22.6. The van der Waals surface area contributed by atoms with Crippen molar-refractivity contribution in [1.82, 2.24) is 8.87 Å². The van der Waals surface area contributed by atoms with E-state index in [-0.39, 0.29) is 18.0 Å². The molecule has 0 spiro atoms. The number of nitrogens with zero attached hydrogens (tertiary/aromatic N) is 3. The monoisotopic (exact) mass is 453 g/mol. The van der Waals surface area contributed by atoms with Crippen molar-refractivity contribution in [3.63, 3.8) is 0 Å². The molecule has 0 saturated carbocycles. The van der Waals surface area contributed by atoms with E-state index in [1.807, 2.05) is 28.8 Å². The third-order valence-electron chi connectivity index (χ3n) is 4.50. The highest BCUT2D eigenvalue weighted by atomic mass is 32.2. The first-order valence-electron chi connectivity index (χ1n) is 9.52. The van der Waals surface area contributed by atoms with Gasteiger partial charge in [-0.25, -0.2) is 8.42 Å². The number of para-hydroxylation sites is 1. The molecule has 0 aliphatic heterocycles. The van der Waals surface area contributed by atoms with Crippen LogP contribution in [0.5, 0.6) is 0 Å². The molecule has 0 atom stereocenters. The van der Waals surface area contributed by atoms with Crippen LogP contribution in [0.15, 0.2) is 96.4 Å². The first-order valence-corrected chi connectivity index (χ1v) is 11.8. The molecular weight excluding hydrogens is 430 g/mol. The number of aromatic nitrogens is 1. The number of carbonyl (C=O) groups is 1. The highest BCUT2D eigenvalue weighted by Crippen LogP contribution is 2.19. The van der Waals surface area contributed by atoms with Gasteiger partial charge in [0, 0.05) is 25.2 Å². The Morgan fingerprint density at radius 1 is 1.00 bits per heavy atom. The molecule has 1 amide bonds. The molecule has 0 saturated heterocycles. The van der Waals surface area contributed by atoms with E-state index in [0.29, 0.717) is 16.9 Å². The van der Waals surface area contributed by atoms with Crippen LogP contribution in [0.4, 0.5) is 0 Å². The van der Waals surface area contributed by atoms with Gasteiger partial charge in [-0.3, -0.25) is 4.79 Å². The number of benzene rings is 2.